The SMILES string of the molecule is O=C(O)COc1ccc2cc(-c3cccnc3OC3CCCC3)ccc2c1. The summed E-state index contributed by atoms with van der Waals surface area (Å²) < 4.78 is 11.4. The number of pyridine rings is 1. The summed E-state index contributed by atoms with van der Waals surface area (Å²) in [4.78, 5) is 15.1. The van der Waals surface area contributed by atoms with Gasteiger partial charge in [-0.05, 0) is 72.4 Å². The normalized spacial score (nSPS) is 14.4. The third kappa shape index (κ3) is 4.03. The third-order valence-electron chi connectivity index (χ3n) is 4.84. The number of hydrogen-bond acceptors (Lipinski definition) is 4. The molecule has 1 fully saturated rings. The zero-order chi connectivity index (χ0) is 18.6. The van der Waals surface area contributed by atoms with Gasteiger partial charge in [0.1, 0.15) is 11.9 Å². The monoisotopic (exact) mass is 363 g/mol. The van der Waals surface area contributed by atoms with Crippen molar-refractivity contribution >= 4 is 16.7 Å². The molecule has 0 spiro atoms. The molecule has 4 rings (SSSR count). The van der Waals surface area contributed by atoms with Crippen LogP contribution in [0.25, 0.3) is 21.9 Å². The van der Waals surface area contributed by atoms with Gasteiger partial charge in [0.15, 0.2) is 6.61 Å². The highest BCUT2D eigenvalue weighted by Crippen LogP contribution is 2.33. The second-order valence-electron chi connectivity index (χ2n) is 6.79. The lowest BCUT2D eigenvalue weighted by Crippen LogP contribution is -2.12. The zero-order valence-corrected chi connectivity index (χ0v) is 14.9. The lowest BCUT2D eigenvalue weighted by molar-refractivity contribution is -0.139. The molecule has 0 amide bonds. The molecule has 0 saturated heterocycles. The van der Waals surface area contributed by atoms with E-state index in [0.717, 1.165) is 34.7 Å². The van der Waals surface area contributed by atoms with Crippen LogP contribution < -0.4 is 9.47 Å². The highest BCUT2D eigenvalue weighted by atomic mass is 16.5. The quantitative estimate of drug-likeness (QED) is 0.688. The molecule has 0 unspecified atom stereocenters. The summed E-state index contributed by atoms with van der Waals surface area (Å²) in [7, 11) is 0. The van der Waals surface area contributed by atoms with Crippen LogP contribution in [0.5, 0.6) is 11.6 Å². The molecule has 0 aliphatic heterocycles. The second kappa shape index (κ2) is 7.66. The molecule has 0 bridgehead atoms. The molecule has 1 aromatic heterocycles. The van der Waals surface area contributed by atoms with Crippen LogP contribution >= 0.6 is 0 Å². The summed E-state index contributed by atoms with van der Waals surface area (Å²) in [5.74, 6) is 0.242. The molecule has 1 saturated carbocycles. The summed E-state index contributed by atoms with van der Waals surface area (Å²) in [5.41, 5.74) is 2.03. The number of carboxylic acid groups (broad SMARTS) is 1. The van der Waals surface area contributed by atoms with Crippen molar-refractivity contribution in [2.75, 3.05) is 6.61 Å². The standard InChI is InChI=1S/C22H21NO4/c24-21(25)14-26-19-10-9-15-12-17(8-7-16(15)13-19)20-6-3-11-23-22(20)27-18-4-1-2-5-18/h3,6-13,18H,1-2,4-5,14H2,(H,24,25). The summed E-state index contributed by atoms with van der Waals surface area (Å²) >= 11 is 0. The number of benzene rings is 2. The Kier molecular flexibility index (Phi) is 4.92. The van der Waals surface area contributed by atoms with Crippen LogP contribution in [0.3, 0.4) is 0 Å². The maximum atomic E-state index is 10.7. The van der Waals surface area contributed by atoms with E-state index in [4.69, 9.17) is 14.6 Å². The van der Waals surface area contributed by atoms with E-state index in [9.17, 15) is 4.79 Å². The predicted octanol–water partition coefficient (Wildman–Crippen LogP) is 4.69. The smallest absolute Gasteiger partial charge is 0.341 e. The highest BCUT2D eigenvalue weighted by molar-refractivity contribution is 5.89. The Bertz CT molecular complexity index is 963. The van der Waals surface area contributed by atoms with Gasteiger partial charge in [0.25, 0.3) is 0 Å². The Hall–Kier alpha value is -3.08. The van der Waals surface area contributed by atoms with Gasteiger partial charge in [0, 0.05) is 11.8 Å². The number of fused-ring (bicyclic) bond motifs is 1. The molecule has 2 aromatic carbocycles. The summed E-state index contributed by atoms with van der Waals surface area (Å²) in [6, 6.07) is 15.6. The molecule has 27 heavy (non-hydrogen) atoms. The first-order valence-electron chi connectivity index (χ1n) is 9.19. The van der Waals surface area contributed by atoms with Crippen LogP contribution in [0.4, 0.5) is 0 Å². The summed E-state index contributed by atoms with van der Waals surface area (Å²) in [6.45, 7) is -0.346. The number of hydrogen-bond donors (Lipinski definition) is 1. The van der Waals surface area contributed by atoms with E-state index in [0.29, 0.717) is 11.6 Å². The van der Waals surface area contributed by atoms with E-state index in [1.165, 1.54) is 12.8 Å². The Morgan fingerprint density at radius 1 is 1.07 bits per heavy atom. The Morgan fingerprint density at radius 3 is 2.67 bits per heavy atom. The number of aromatic nitrogens is 1. The molecule has 1 N–H and O–H groups in total. The first-order chi connectivity index (χ1) is 13.2. The first-order valence-corrected chi connectivity index (χ1v) is 9.19. The van der Waals surface area contributed by atoms with Crippen LogP contribution in [0.1, 0.15) is 25.7 Å². The van der Waals surface area contributed by atoms with Gasteiger partial charge in [-0.1, -0.05) is 18.2 Å². The minimum Gasteiger partial charge on any atom is -0.482 e. The summed E-state index contributed by atoms with van der Waals surface area (Å²) in [6.07, 6.45) is 6.64. The number of rotatable bonds is 6. The van der Waals surface area contributed by atoms with Crippen molar-refractivity contribution < 1.29 is 19.4 Å². The molecule has 3 aromatic rings. The third-order valence-corrected chi connectivity index (χ3v) is 4.84. The first kappa shape index (κ1) is 17.3. The molecule has 0 radical (unpaired) electrons. The fourth-order valence-electron chi connectivity index (χ4n) is 3.49. The maximum Gasteiger partial charge on any atom is 0.341 e. The average molecular weight is 363 g/mol. The van der Waals surface area contributed by atoms with Crippen LogP contribution in [-0.2, 0) is 4.79 Å². The van der Waals surface area contributed by atoms with Gasteiger partial charge in [0.2, 0.25) is 5.88 Å². The molecule has 138 valence electrons. The average Bonchev–Trinajstić information content (AvgIpc) is 3.19. The van der Waals surface area contributed by atoms with E-state index in [1.807, 2.05) is 36.4 Å². The van der Waals surface area contributed by atoms with E-state index in [2.05, 4.69) is 11.1 Å². The molecule has 1 aliphatic carbocycles. The maximum absolute atomic E-state index is 10.7. The minimum atomic E-state index is -0.989. The molecule has 1 heterocycles. The highest BCUT2D eigenvalue weighted by Gasteiger charge is 2.19. The van der Waals surface area contributed by atoms with Crippen molar-refractivity contribution in [2.45, 2.75) is 31.8 Å². The van der Waals surface area contributed by atoms with E-state index in [-0.39, 0.29) is 12.7 Å². The molecule has 5 nitrogen and oxygen atoms in total. The van der Waals surface area contributed by atoms with Crippen molar-refractivity contribution in [3.63, 3.8) is 0 Å². The van der Waals surface area contributed by atoms with Crippen molar-refractivity contribution in [1.82, 2.24) is 4.98 Å². The lowest BCUT2D eigenvalue weighted by atomic mass is 10.0. The van der Waals surface area contributed by atoms with Crippen LogP contribution in [0.2, 0.25) is 0 Å². The molecule has 0 atom stereocenters. The lowest BCUT2D eigenvalue weighted by Gasteiger charge is -2.15. The van der Waals surface area contributed by atoms with E-state index < -0.39 is 5.97 Å². The zero-order valence-electron chi connectivity index (χ0n) is 14.9. The molecule has 5 heteroatoms. The second-order valence-corrected chi connectivity index (χ2v) is 6.79. The number of aliphatic carboxylic acids is 1. The van der Waals surface area contributed by atoms with Crippen molar-refractivity contribution in [1.29, 1.82) is 0 Å². The number of ether oxygens (including phenoxy) is 2. The number of carboxylic acids is 1. The fourth-order valence-corrected chi connectivity index (χ4v) is 3.49. The fraction of sp³-hybridized carbons (Fsp3) is 0.273. The Balaban J connectivity index is 1.62. The minimum absolute atomic E-state index is 0.257. The molecular formula is C22H21NO4. The number of carbonyl (C=O) groups is 1. The molecule has 1 aliphatic rings. The Morgan fingerprint density at radius 2 is 1.85 bits per heavy atom. The van der Waals surface area contributed by atoms with Gasteiger partial charge >= 0.3 is 5.97 Å². The van der Waals surface area contributed by atoms with E-state index in [1.54, 1.807) is 12.3 Å². The predicted molar refractivity (Wildman–Crippen MR) is 103 cm³/mol. The molecular weight excluding hydrogens is 342 g/mol. The summed E-state index contributed by atoms with van der Waals surface area (Å²) in [5, 5.41) is 10.8. The van der Waals surface area contributed by atoms with Crippen molar-refractivity contribution in [2.24, 2.45) is 0 Å². The van der Waals surface area contributed by atoms with Crippen LogP contribution in [0.15, 0.2) is 54.7 Å². The largest absolute Gasteiger partial charge is 0.482 e. The topological polar surface area (TPSA) is 68.7 Å². The van der Waals surface area contributed by atoms with Crippen molar-refractivity contribution in [3.05, 3.63) is 54.7 Å². The van der Waals surface area contributed by atoms with Gasteiger partial charge in [-0.3, -0.25) is 0 Å². The van der Waals surface area contributed by atoms with Crippen molar-refractivity contribution in [3.8, 4) is 22.8 Å². The van der Waals surface area contributed by atoms with Gasteiger partial charge in [-0.25, -0.2) is 9.78 Å². The Labute approximate surface area is 157 Å². The number of nitrogens with zero attached hydrogens (tertiary/aromatic N) is 1. The van der Waals surface area contributed by atoms with Gasteiger partial charge < -0.3 is 14.6 Å². The van der Waals surface area contributed by atoms with Gasteiger partial charge in [0.05, 0.1) is 0 Å². The van der Waals surface area contributed by atoms with Crippen LogP contribution in [0, 0.1) is 0 Å². The van der Waals surface area contributed by atoms with Gasteiger partial charge in [-0.15, -0.1) is 0 Å². The van der Waals surface area contributed by atoms with Crippen LogP contribution in [-0.4, -0.2) is 28.8 Å². The van der Waals surface area contributed by atoms with E-state index >= 15 is 0 Å². The van der Waals surface area contributed by atoms with Gasteiger partial charge in [-0.2, -0.15) is 0 Å².